The fraction of sp³-hybridized carbons (Fsp3) is 0.308. The molecule has 18 heavy (non-hydrogen) atoms. The Bertz CT molecular complexity index is 567. The van der Waals surface area contributed by atoms with Crippen LogP contribution in [-0.4, -0.2) is 5.11 Å². The molecule has 0 aliphatic rings. The molecule has 0 spiro atoms. The molecule has 98 valence electrons. The number of benzene rings is 1. The highest BCUT2D eigenvalue weighted by Crippen LogP contribution is 2.28. The summed E-state index contributed by atoms with van der Waals surface area (Å²) in [7, 11) is 0. The predicted octanol–water partition coefficient (Wildman–Crippen LogP) is 2.94. The van der Waals surface area contributed by atoms with Gasteiger partial charge in [-0.15, -0.1) is 17.1 Å². The maximum atomic E-state index is 11.9. The summed E-state index contributed by atoms with van der Waals surface area (Å²) in [6, 6.07) is 3.49. The van der Waals surface area contributed by atoms with Crippen LogP contribution in [0.5, 0.6) is 5.75 Å². The lowest BCUT2D eigenvalue weighted by Crippen LogP contribution is -2.29. The molecule has 0 amide bonds. The van der Waals surface area contributed by atoms with Crippen molar-refractivity contribution >= 4 is 12.4 Å². The molecule has 0 saturated heterocycles. The molecule has 1 N–H and O–H groups in total. The SMILES string of the molecule is Cc1cc(-c2oc(C)c(C)[n+]2[O-])cc(C)c1O.Cl. The monoisotopic (exact) mass is 269 g/mol. The van der Waals surface area contributed by atoms with Gasteiger partial charge in [-0.3, -0.25) is 0 Å². The van der Waals surface area contributed by atoms with Gasteiger partial charge in [0.1, 0.15) is 5.75 Å². The van der Waals surface area contributed by atoms with Gasteiger partial charge in [0.15, 0.2) is 5.76 Å². The van der Waals surface area contributed by atoms with Gasteiger partial charge in [-0.05, 0) is 37.1 Å². The third-order valence-corrected chi connectivity index (χ3v) is 2.99. The largest absolute Gasteiger partial charge is 0.616 e. The molecule has 5 heteroatoms. The standard InChI is InChI=1S/C13H15NO3.ClH/c1-7-5-11(6-8(2)12(7)15)13-14(16)9(3)10(4)17-13;/h5-6,15H,1-4H3;1H. The first-order valence-corrected chi connectivity index (χ1v) is 5.42. The lowest BCUT2D eigenvalue weighted by atomic mass is 10.1. The van der Waals surface area contributed by atoms with Crippen molar-refractivity contribution in [2.24, 2.45) is 0 Å². The Morgan fingerprint density at radius 1 is 1.11 bits per heavy atom. The van der Waals surface area contributed by atoms with Gasteiger partial charge in [0, 0.05) is 13.8 Å². The molecule has 0 unspecified atom stereocenters. The minimum Gasteiger partial charge on any atom is -0.616 e. The van der Waals surface area contributed by atoms with Crippen LogP contribution in [0.1, 0.15) is 22.6 Å². The summed E-state index contributed by atoms with van der Waals surface area (Å²) in [6.07, 6.45) is 0. The minimum absolute atomic E-state index is 0. The molecule has 0 aliphatic heterocycles. The van der Waals surface area contributed by atoms with Crippen molar-refractivity contribution in [2.75, 3.05) is 0 Å². The van der Waals surface area contributed by atoms with Crippen molar-refractivity contribution in [3.63, 3.8) is 0 Å². The molecule has 0 radical (unpaired) electrons. The zero-order valence-electron chi connectivity index (χ0n) is 10.8. The first-order chi connectivity index (χ1) is 7.91. The average Bonchev–Trinajstić information content (AvgIpc) is 2.53. The number of hydrogen-bond acceptors (Lipinski definition) is 3. The van der Waals surface area contributed by atoms with E-state index in [0.717, 1.165) is 15.9 Å². The summed E-state index contributed by atoms with van der Waals surface area (Å²) in [4.78, 5) is 0. The van der Waals surface area contributed by atoms with Crippen LogP contribution in [0, 0.1) is 32.9 Å². The summed E-state index contributed by atoms with van der Waals surface area (Å²) < 4.78 is 6.23. The molecular weight excluding hydrogens is 254 g/mol. The number of oxazole rings is 1. The highest BCUT2D eigenvalue weighted by Gasteiger charge is 2.21. The van der Waals surface area contributed by atoms with Crippen molar-refractivity contribution in [3.8, 4) is 17.2 Å². The number of hydrogen-bond donors (Lipinski definition) is 1. The van der Waals surface area contributed by atoms with Crippen molar-refractivity contribution < 1.29 is 14.3 Å². The van der Waals surface area contributed by atoms with Crippen LogP contribution in [0.2, 0.25) is 0 Å². The van der Waals surface area contributed by atoms with Crippen LogP contribution < -0.4 is 4.73 Å². The first kappa shape index (κ1) is 14.4. The van der Waals surface area contributed by atoms with Gasteiger partial charge in [-0.1, -0.05) is 0 Å². The zero-order chi connectivity index (χ0) is 12.7. The summed E-state index contributed by atoms with van der Waals surface area (Å²) in [6.45, 7) is 7.07. The van der Waals surface area contributed by atoms with E-state index in [0.29, 0.717) is 17.0 Å². The molecule has 4 nitrogen and oxygen atoms in total. The van der Waals surface area contributed by atoms with E-state index in [1.807, 2.05) is 0 Å². The van der Waals surface area contributed by atoms with E-state index in [2.05, 4.69) is 0 Å². The fourth-order valence-corrected chi connectivity index (χ4v) is 1.81. The maximum absolute atomic E-state index is 11.9. The van der Waals surface area contributed by atoms with Gasteiger partial charge in [0.25, 0.3) is 0 Å². The maximum Gasteiger partial charge on any atom is 0.392 e. The second-order valence-electron chi connectivity index (χ2n) is 4.30. The van der Waals surface area contributed by atoms with E-state index in [1.54, 1.807) is 39.8 Å². The van der Waals surface area contributed by atoms with E-state index in [-0.39, 0.29) is 24.0 Å². The summed E-state index contributed by atoms with van der Waals surface area (Å²) in [5.74, 6) is 1.13. The third-order valence-electron chi connectivity index (χ3n) is 2.99. The van der Waals surface area contributed by atoms with Gasteiger partial charge in [-0.2, -0.15) is 0 Å². The number of phenols is 1. The lowest BCUT2D eigenvalue weighted by molar-refractivity contribution is -0.602. The van der Waals surface area contributed by atoms with Gasteiger partial charge in [0.05, 0.1) is 5.56 Å². The second-order valence-corrected chi connectivity index (χ2v) is 4.30. The van der Waals surface area contributed by atoms with Crippen molar-refractivity contribution in [1.29, 1.82) is 0 Å². The van der Waals surface area contributed by atoms with Gasteiger partial charge < -0.3 is 14.7 Å². The molecule has 0 fully saturated rings. The topological polar surface area (TPSA) is 60.3 Å². The molecule has 2 aromatic rings. The van der Waals surface area contributed by atoms with Crippen LogP contribution in [-0.2, 0) is 0 Å². The smallest absolute Gasteiger partial charge is 0.392 e. The van der Waals surface area contributed by atoms with E-state index in [1.165, 1.54) is 0 Å². The predicted molar refractivity (Wildman–Crippen MR) is 71.0 cm³/mol. The van der Waals surface area contributed by atoms with Crippen LogP contribution in [0.15, 0.2) is 16.5 Å². The Kier molecular flexibility index (Phi) is 3.92. The number of aromatic hydroxyl groups is 1. The summed E-state index contributed by atoms with van der Waals surface area (Å²) >= 11 is 0. The number of nitrogens with zero attached hydrogens (tertiary/aromatic N) is 1. The van der Waals surface area contributed by atoms with Crippen molar-refractivity contribution in [1.82, 2.24) is 0 Å². The first-order valence-electron chi connectivity index (χ1n) is 5.42. The number of rotatable bonds is 1. The van der Waals surface area contributed by atoms with Gasteiger partial charge >= 0.3 is 5.89 Å². The van der Waals surface area contributed by atoms with Gasteiger partial charge in [0.2, 0.25) is 5.69 Å². The molecule has 1 heterocycles. The van der Waals surface area contributed by atoms with Crippen LogP contribution in [0.3, 0.4) is 0 Å². The molecule has 1 aromatic heterocycles. The molecule has 1 aromatic carbocycles. The van der Waals surface area contributed by atoms with Crippen LogP contribution in [0.4, 0.5) is 0 Å². The molecular formula is C13H16ClNO3. The van der Waals surface area contributed by atoms with Crippen molar-refractivity contribution in [2.45, 2.75) is 27.7 Å². The molecule has 0 atom stereocenters. The van der Waals surface area contributed by atoms with E-state index in [4.69, 9.17) is 4.42 Å². The normalized spacial score (nSPS) is 10.2. The van der Waals surface area contributed by atoms with Crippen LogP contribution in [0.25, 0.3) is 11.5 Å². The van der Waals surface area contributed by atoms with Gasteiger partial charge in [-0.25, -0.2) is 0 Å². The summed E-state index contributed by atoms with van der Waals surface area (Å²) in [5, 5.41) is 21.5. The fourth-order valence-electron chi connectivity index (χ4n) is 1.81. The third kappa shape index (κ3) is 2.16. The number of aryl methyl sites for hydroxylation is 3. The van der Waals surface area contributed by atoms with E-state index >= 15 is 0 Å². The second kappa shape index (κ2) is 4.90. The van der Waals surface area contributed by atoms with Crippen molar-refractivity contribution in [3.05, 3.63) is 39.9 Å². The Hall–Kier alpha value is -1.68. The Balaban J connectivity index is 0.00000162. The van der Waals surface area contributed by atoms with E-state index < -0.39 is 0 Å². The lowest BCUT2D eigenvalue weighted by Gasteiger charge is -2.05. The molecule has 0 saturated carbocycles. The number of aromatic nitrogens is 1. The highest BCUT2D eigenvalue weighted by molar-refractivity contribution is 5.85. The minimum atomic E-state index is 0. The quantitative estimate of drug-likeness (QED) is 0.640. The summed E-state index contributed by atoms with van der Waals surface area (Å²) in [5.41, 5.74) is 2.70. The Labute approximate surface area is 112 Å². The molecule has 2 rings (SSSR count). The molecule has 0 aliphatic carbocycles. The van der Waals surface area contributed by atoms with Crippen LogP contribution >= 0.6 is 12.4 Å². The Morgan fingerprint density at radius 3 is 2.00 bits per heavy atom. The van der Waals surface area contributed by atoms with E-state index in [9.17, 15) is 10.3 Å². The molecule has 0 bridgehead atoms. The number of phenolic OH excluding ortho intramolecular Hbond substituents is 1. The highest BCUT2D eigenvalue weighted by atomic mass is 35.5. The Morgan fingerprint density at radius 2 is 1.61 bits per heavy atom. The number of halogens is 1. The average molecular weight is 270 g/mol. The zero-order valence-corrected chi connectivity index (χ0v) is 11.6.